The van der Waals surface area contributed by atoms with Crippen LogP contribution < -0.4 is 0 Å². The van der Waals surface area contributed by atoms with Gasteiger partial charge in [0.2, 0.25) is 0 Å². The number of hydrogen-bond acceptors (Lipinski definition) is 6. The van der Waals surface area contributed by atoms with Crippen molar-refractivity contribution in [1.29, 1.82) is 0 Å². The minimum atomic E-state index is -1.47. The normalized spacial score (nSPS) is 30.2. The molecule has 0 bridgehead atoms. The van der Waals surface area contributed by atoms with Crippen molar-refractivity contribution in [1.82, 2.24) is 0 Å². The van der Waals surface area contributed by atoms with Gasteiger partial charge < -0.3 is 14.2 Å². The molecule has 2 fully saturated rings. The first-order chi connectivity index (χ1) is 11.3. The molecule has 1 heterocycles. The predicted octanol–water partition coefficient (Wildman–Crippen LogP) is 2.92. The maximum atomic E-state index is 12.7. The van der Waals surface area contributed by atoms with Crippen LogP contribution in [0.5, 0.6) is 0 Å². The number of rotatable bonds is 4. The Kier molecular flexibility index (Phi) is 5.93. The van der Waals surface area contributed by atoms with Crippen molar-refractivity contribution < 1.29 is 28.6 Å². The molecule has 0 spiro atoms. The summed E-state index contributed by atoms with van der Waals surface area (Å²) in [5.41, 5.74) is -1.45. The summed E-state index contributed by atoms with van der Waals surface area (Å²) in [6.07, 6.45) is 1.33. The molecule has 2 atom stereocenters. The van der Waals surface area contributed by atoms with E-state index in [0.717, 1.165) is 5.57 Å². The van der Waals surface area contributed by atoms with Crippen LogP contribution in [0, 0.1) is 11.3 Å². The van der Waals surface area contributed by atoms with Gasteiger partial charge in [0.1, 0.15) is 5.60 Å². The zero-order chi connectivity index (χ0) is 18.0. The van der Waals surface area contributed by atoms with Crippen LogP contribution in [0.4, 0.5) is 0 Å². The minimum absolute atomic E-state index is 0.00378. The minimum Gasteiger partial charge on any atom is -0.465 e. The van der Waals surface area contributed by atoms with E-state index in [1.807, 2.05) is 4.08 Å². The summed E-state index contributed by atoms with van der Waals surface area (Å²) in [4.78, 5) is 37.3. The molecule has 7 heteroatoms. The zero-order valence-corrected chi connectivity index (χ0v) is 16.4. The third kappa shape index (κ3) is 3.32. The highest BCUT2D eigenvalue weighted by atomic mass is 127. The first-order valence-electron chi connectivity index (χ1n) is 8.18. The highest BCUT2D eigenvalue weighted by molar-refractivity contribution is 14.1. The van der Waals surface area contributed by atoms with E-state index in [0.29, 0.717) is 12.8 Å². The van der Waals surface area contributed by atoms with Crippen molar-refractivity contribution in [2.45, 2.75) is 52.1 Å². The van der Waals surface area contributed by atoms with Gasteiger partial charge in [0.05, 0.1) is 13.2 Å². The van der Waals surface area contributed by atoms with Crippen molar-refractivity contribution in [2.24, 2.45) is 11.3 Å². The SMILES string of the molecule is CCOC(=O)C1(C(=O)OCC)C/C(=C\I)[C@H]2CCC(=O)O[C@]2(C)C1. The summed E-state index contributed by atoms with van der Waals surface area (Å²) in [6.45, 7) is 5.52. The molecule has 2 rings (SSSR count). The van der Waals surface area contributed by atoms with Crippen LogP contribution in [0.25, 0.3) is 0 Å². The fourth-order valence-electron chi connectivity index (χ4n) is 3.85. The Labute approximate surface area is 155 Å². The number of hydrogen-bond donors (Lipinski definition) is 0. The van der Waals surface area contributed by atoms with Crippen molar-refractivity contribution in [3.8, 4) is 0 Å². The van der Waals surface area contributed by atoms with Gasteiger partial charge in [-0.05, 0) is 37.7 Å². The predicted molar refractivity (Wildman–Crippen MR) is 94.3 cm³/mol. The number of carbonyl (C=O) groups excluding carboxylic acids is 3. The molecule has 0 N–H and O–H groups in total. The lowest BCUT2D eigenvalue weighted by Gasteiger charge is -2.50. The standard InChI is InChI=1S/C17H23IO6/c1-4-22-14(20)17(15(21)23-5-2)8-11(9-18)12-6-7-13(19)24-16(12,3)10-17/h9,12H,4-8,10H2,1-3H3/b11-9+/t12-,16-/m1/s1. The van der Waals surface area contributed by atoms with Gasteiger partial charge in [-0.2, -0.15) is 0 Å². The third-order valence-electron chi connectivity index (χ3n) is 4.80. The molecule has 0 unspecified atom stereocenters. The van der Waals surface area contributed by atoms with E-state index in [4.69, 9.17) is 14.2 Å². The van der Waals surface area contributed by atoms with E-state index in [2.05, 4.69) is 22.6 Å². The monoisotopic (exact) mass is 450 g/mol. The molecule has 2 aliphatic rings. The Morgan fingerprint density at radius 3 is 2.38 bits per heavy atom. The van der Waals surface area contributed by atoms with Crippen LogP contribution in [0.15, 0.2) is 9.66 Å². The number of halogens is 1. The lowest BCUT2D eigenvalue weighted by Crippen LogP contribution is -2.57. The number of fused-ring (bicyclic) bond motifs is 1. The molecule has 24 heavy (non-hydrogen) atoms. The largest absolute Gasteiger partial charge is 0.465 e. The van der Waals surface area contributed by atoms with Gasteiger partial charge in [0, 0.05) is 18.8 Å². The molecule has 0 aromatic heterocycles. The quantitative estimate of drug-likeness (QED) is 0.284. The first-order valence-corrected chi connectivity index (χ1v) is 9.43. The van der Waals surface area contributed by atoms with E-state index >= 15 is 0 Å². The van der Waals surface area contributed by atoms with E-state index in [1.54, 1.807) is 20.8 Å². The van der Waals surface area contributed by atoms with Crippen molar-refractivity contribution in [2.75, 3.05) is 13.2 Å². The summed E-state index contributed by atoms with van der Waals surface area (Å²) in [5.74, 6) is -1.52. The maximum Gasteiger partial charge on any atom is 0.323 e. The fourth-order valence-corrected chi connectivity index (χ4v) is 4.50. The van der Waals surface area contributed by atoms with Crippen LogP contribution in [0.2, 0.25) is 0 Å². The Hall–Kier alpha value is -1.12. The number of ether oxygens (including phenoxy) is 3. The average molecular weight is 450 g/mol. The molecular weight excluding hydrogens is 427 g/mol. The number of esters is 3. The second-order valence-electron chi connectivity index (χ2n) is 6.44. The van der Waals surface area contributed by atoms with Gasteiger partial charge in [-0.3, -0.25) is 14.4 Å². The van der Waals surface area contributed by atoms with Crippen molar-refractivity contribution in [3.05, 3.63) is 9.66 Å². The Balaban J connectivity index is 2.49. The zero-order valence-electron chi connectivity index (χ0n) is 14.2. The summed E-state index contributed by atoms with van der Waals surface area (Å²) >= 11 is 2.11. The summed E-state index contributed by atoms with van der Waals surface area (Å²) in [7, 11) is 0. The molecular formula is C17H23IO6. The Morgan fingerprint density at radius 1 is 1.29 bits per heavy atom. The second-order valence-corrected chi connectivity index (χ2v) is 7.06. The molecule has 0 radical (unpaired) electrons. The van der Waals surface area contributed by atoms with E-state index < -0.39 is 23.0 Å². The average Bonchev–Trinajstić information content (AvgIpc) is 2.52. The van der Waals surface area contributed by atoms with E-state index in [1.165, 1.54) is 0 Å². The Morgan fingerprint density at radius 2 is 1.88 bits per heavy atom. The number of carbonyl (C=O) groups is 3. The highest BCUT2D eigenvalue weighted by Crippen LogP contribution is 2.54. The molecule has 0 amide bonds. The molecule has 1 saturated carbocycles. The fraction of sp³-hybridized carbons (Fsp3) is 0.706. The molecule has 1 aliphatic heterocycles. The van der Waals surface area contributed by atoms with Gasteiger partial charge in [-0.15, -0.1) is 0 Å². The van der Waals surface area contributed by atoms with Crippen LogP contribution >= 0.6 is 22.6 Å². The molecule has 0 aromatic carbocycles. The van der Waals surface area contributed by atoms with Gasteiger partial charge in [-0.1, -0.05) is 28.2 Å². The molecule has 1 saturated heterocycles. The summed E-state index contributed by atoms with van der Waals surface area (Å²) in [6, 6.07) is 0. The second kappa shape index (κ2) is 7.41. The van der Waals surface area contributed by atoms with Gasteiger partial charge in [0.25, 0.3) is 0 Å². The first kappa shape index (κ1) is 19.2. The molecule has 134 valence electrons. The maximum absolute atomic E-state index is 12.7. The van der Waals surface area contributed by atoms with Crippen LogP contribution in [0.1, 0.15) is 46.5 Å². The van der Waals surface area contributed by atoms with Crippen molar-refractivity contribution in [3.63, 3.8) is 0 Å². The van der Waals surface area contributed by atoms with Gasteiger partial charge in [-0.25, -0.2) is 0 Å². The van der Waals surface area contributed by atoms with E-state index in [-0.39, 0.29) is 37.9 Å². The lowest BCUT2D eigenvalue weighted by atomic mass is 9.59. The van der Waals surface area contributed by atoms with Gasteiger partial charge >= 0.3 is 17.9 Å². The van der Waals surface area contributed by atoms with Crippen LogP contribution in [0.3, 0.4) is 0 Å². The third-order valence-corrected chi connectivity index (χ3v) is 5.60. The van der Waals surface area contributed by atoms with Crippen molar-refractivity contribution >= 4 is 40.5 Å². The molecule has 0 aromatic rings. The highest BCUT2D eigenvalue weighted by Gasteiger charge is 2.61. The summed E-state index contributed by atoms with van der Waals surface area (Å²) in [5, 5.41) is 0. The topological polar surface area (TPSA) is 78.9 Å². The summed E-state index contributed by atoms with van der Waals surface area (Å²) < 4.78 is 17.9. The van der Waals surface area contributed by atoms with Crippen LogP contribution in [-0.4, -0.2) is 36.7 Å². The van der Waals surface area contributed by atoms with E-state index in [9.17, 15) is 14.4 Å². The Bertz CT molecular complexity index is 551. The lowest BCUT2D eigenvalue weighted by molar-refractivity contribution is -0.196. The molecule has 6 nitrogen and oxygen atoms in total. The van der Waals surface area contributed by atoms with Crippen LogP contribution in [-0.2, 0) is 28.6 Å². The smallest absolute Gasteiger partial charge is 0.323 e. The molecule has 1 aliphatic carbocycles. The van der Waals surface area contributed by atoms with Gasteiger partial charge in [0.15, 0.2) is 5.41 Å².